The van der Waals surface area contributed by atoms with Crippen molar-refractivity contribution >= 4 is 27.7 Å². The van der Waals surface area contributed by atoms with E-state index in [2.05, 4.69) is 31.8 Å². The molecule has 0 fully saturated rings. The quantitative estimate of drug-likeness (QED) is 0.632. The van der Waals surface area contributed by atoms with Gasteiger partial charge < -0.3 is 10.1 Å². The second kappa shape index (κ2) is 5.57. The lowest BCUT2D eigenvalue weighted by Crippen LogP contribution is -2.41. The van der Waals surface area contributed by atoms with Crippen molar-refractivity contribution in [3.63, 3.8) is 0 Å². The summed E-state index contributed by atoms with van der Waals surface area (Å²) < 4.78 is 0.727. The molecule has 0 unspecified atom stereocenters. The highest BCUT2D eigenvalue weighted by molar-refractivity contribution is 9.10. The molecule has 0 radical (unpaired) electrons. The van der Waals surface area contributed by atoms with Crippen LogP contribution < -0.4 is 10.9 Å². The van der Waals surface area contributed by atoms with E-state index < -0.39 is 11.8 Å². The maximum Gasteiger partial charge on any atom is 0.286 e. The van der Waals surface area contributed by atoms with Gasteiger partial charge in [-0.15, -0.1) is 0 Å². The molecule has 0 spiro atoms. The first-order valence-electron chi connectivity index (χ1n) is 5.30. The van der Waals surface area contributed by atoms with Gasteiger partial charge in [0.25, 0.3) is 11.8 Å². The number of nitrogens with one attached hydrogen (secondary N) is 3. The van der Waals surface area contributed by atoms with Gasteiger partial charge in [0.2, 0.25) is 0 Å². The number of phenolic OH excluding ortho intramolecular Hbond substituents is 1. The zero-order valence-corrected chi connectivity index (χ0v) is 11.2. The van der Waals surface area contributed by atoms with Crippen LogP contribution in [0.2, 0.25) is 0 Å². The third kappa shape index (κ3) is 3.14. The number of para-hydroxylation sites is 1. The molecule has 4 N–H and O–H groups in total. The molecule has 1 aromatic heterocycles. The van der Waals surface area contributed by atoms with Gasteiger partial charge in [0.15, 0.2) is 0 Å². The van der Waals surface area contributed by atoms with Crippen molar-refractivity contribution in [2.45, 2.75) is 0 Å². The number of hydrazine groups is 1. The number of H-pyrrole nitrogens is 1. The number of aromatic amines is 1. The Labute approximate surface area is 116 Å². The van der Waals surface area contributed by atoms with Gasteiger partial charge in [0.1, 0.15) is 11.4 Å². The van der Waals surface area contributed by atoms with Gasteiger partial charge in [0, 0.05) is 10.7 Å². The Morgan fingerprint density at radius 1 is 1.16 bits per heavy atom. The Kier molecular flexibility index (Phi) is 3.86. The molecule has 0 saturated carbocycles. The molecule has 1 aromatic carbocycles. The minimum atomic E-state index is -0.600. The molecule has 0 bridgehead atoms. The molecule has 0 aliphatic rings. The number of phenols is 1. The third-order valence-corrected chi connectivity index (χ3v) is 2.79. The molecule has 0 atom stereocenters. The standard InChI is InChI=1S/C12H10BrN3O3/c13-7-5-9(14-6-7)12(19)16-15-11(18)8-3-1-2-4-10(8)17/h1-6,14,17H,(H,15,18)(H,16,19). The minimum absolute atomic E-state index is 0.0791. The number of rotatable bonds is 2. The van der Waals surface area contributed by atoms with Crippen LogP contribution in [-0.4, -0.2) is 21.9 Å². The van der Waals surface area contributed by atoms with Crippen LogP contribution >= 0.6 is 15.9 Å². The van der Waals surface area contributed by atoms with Crippen LogP contribution in [0.15, 0.2) is 41.0 Å². The van der Waals surface area contributed by atoms with Crippen LogP contribution in [0.25, 0.3) is 0 Å². The summed E-state index contributed by atoms with van der Waals surface area (Å²) in [7, 11) is 0. The van der Waals surface area contributed by atoms with Crippen molar-refractivity contribution in [2.24, 2.45) is 0 Å². The normalized spacial score (nSPS) is 9.95. The van der Waals surface area contributed by atoms with Crippen LogP contribution in [0.1, 0.15) is 20.8 Å². The van der Waals surface area contributed by atoms with Crippen LogP contribution in [0, 0.1) is 0 Å². The van der Waals surface area contributed by atoms with Crippen molar-refractivity contribution in [1.29, 1.82) is 0 Å². The van der Waals surface area contributed by atoms with Crippen LogP contribution in [0.5, 0.6) is 5.75 Å². The fraction of sp³-hybridized carbons (Fsp3) is 0. The number of benzene rings is 1. The van der Waals surface area contributed by atoms with Crippen molar-refractivity contribution in [2.75, 3.05) is 0 Å². The maximum atomic E-state index is 11.7. The van der Waals surface area contributed by atoms with Crippen molar-refractivity contribution in [1.82, 2.24) is 15.8 Å². The Bertz CT molecular complexity index is 624. The average Bonchev–Trinajstić information content (AvgIpc) is 2.83. The molecule has 2 rings (SSSR count). The lowest BCUT2D eigenvalue weighted by Gasteiger charge is -2.07. The smallest absolute Gasteiger partial charge is 0.286 e. The van der Waals surface area contributed by atoms with E-state index in [0.717, 1.165) is 4.47 Å². The van der Waals surface area contributed by atoms with Gasteiger partial charge in [-0.05, 0) is 34.1 Å². The zero-order chi connectivity index (χ0) is 13.8. The van der Waals surface area contributed by atoms with E-state index in [1.165, 1.54) is 12.1 Å². The first kappa shape index (κ1) is 13.2. The van der Waals surface area contributed by atoms with Crippen LogP contribution in [0.4, 0.5) is 0 Å². The molecule has 98 valence electrons. The molecule has 6 nitrogen and oxygen atoms in total. The van der Waals surface area contributed by atoms with Crippen LogP contribution in [-0.2, 0) is 0 Å². The minimum Gasteiger partial charge on any atom is -0.507 e. The van der Waals surface area contributed by atoms with Crippen molar-refractivity contribution < 1.29 is 14.7 Å². The van der Waals surface area contributed by atoms with Gasteiger partial charge in [0.05, 0.1) is 5.56 Å². The number of aromatic hydroxyl groups is 1. The SMILES string of the molecule is O=C(NNC(=O)c1ccccc1O)c1cc(Br)c[nH]1. The summed E-state index contributed by atoms with van der Waals surface area (Å²) in [4.78, 5) is 26.1. The number of halogens is 1. The molecule has 19 heavy (non-hydrogen) atoms. The molecular formula is C12H10BrN3O3. The Hall–Kier alpha value is -2.28. The number of aromatic nitrogens is 1. The predicted molar refractivity (Wildman–Crippen MR) is 71.5 cm³/mol. The summed E-state index contributed by atoms with van der Waals surface area (Å²) in [5.74, 6) is -1.25. The topological polar surface area (TPSA) is 94.2 Å². The Morgan fingerprint density at radius 2 is 1.84 bits per heavy atom. The van der Waals surface area contributed by atoms with Gasteiger partial charge in [-0.3, -0.25) is 20.4 Å². The van der Waals surface area contributed by atoms with E-state index in [1.54, 1.807) is 24.4 Å². The first-order chi connectivity index (χ1) is 9.08. The van der Waals surface area contributed by atoms with Crippen molar-refractivity contribution in [3.05, 3.63) is 52.3 Å². The fourth-order valence-electron chi connectivity index (χ4n) is 1.41. The summed E-state index contributed by atoms with van der Waals surface area (Å²) in [6, 6.07) is 7.61. The number of hydrogen-bond donors (Lipinski definition) is 4. The second-order valence-corrected chi connectivity index (χ2v) is 4.57. The average molecular weight is 324 g/mol. The lowest BCUT2D eigenvalue weighted by molar-refractivity contribution is 0.0842. The largest absolute Gasteiger partial charge is 0.507 e. The zero-order valence-electron chi connectivity index (χ0n) is 9.61. The van der Waals surface area contributed by atoms with Gasteiger partial charge in [-0.25, -0.2) is 0 Å². The van der Waals surface area contributed by atoms with E-state index in [9.17, 15) is 14.7 Å². The highest BCUT2D eigenvalue weighted by atomic mass is 79.9. The molecule has 2 amide bonds. The van der Waals surface area contributed by atoms with Crippen LogP contribution in [0.3, 0.4) is 0 Å². The molecule has 1 heterocycles. The fourth-order valence-corrected chi connectivity index (χ4v) is 1.76. The van der Waals surface area contributed by atoms with Crippen molar-refractivity contribution in [3.8, 4) is 5.75 Å². The predicted octanol–water partition coefficient (Wildman–Crippen LogP) is 1.56. The third-order valence-electron chi connectivity index (χ3n) is 2.33. The molecular weight excluding hydrogens is 314 g/mol. The summed E-state index contributed by atoms with van der Waals surface area (Å²) in [6.45, 7) is 0. The van der Waals surface area contributed by atoms with E-state index in [1.807, 2.05) is 0 Å². The van der Waals surface area contributed by atoms with Gasteiger partial charge >= 0.3 is 0 Å². The van der Waals surface area contributed by atoms with Gasteiger partial charge in [-0.1, -0.05) is 12.1 Å². The summed E-state index contributed by atoms with van der Waals surface area (Å²) >= 11 is 3.20. The number of carbonyl (C=O) groups is 2. The summed E-state index contributed by atoms with van der Waals surface area (Å²) in [5.41, 5.74) is 4.82. The summed E-state index contributed by atoms with van der Waals surface area (Å²) in [5, 5.41) is 9.48. The molecule has 7 heteroatoms. The second-order valence-electron chi connectivity index (χ2n) is 3.66. The Balaban J connectivity index is 1.98. The number of carbonyl (C=O) groups excluding carboxylic acids is 2. The highest BCUT2D eigenvalue weighted by Crippen LogP contribution is 2.14. The molecule has 0 aliphatic carbocycles. The van der Waals surface area contributed by atoms with E-state index in [0.29, 0.717) is 5.69 Å². The lowest BCUT2D eigenvalue weighted by atomic mass is 10.2. The first-order valence-corrected chi connectivity index (χ1v) is 6.10. The molecule has 0 aliphatic heterocycles. The monoisotopic (exact) mass is 323 g/mol. The number of hydrogen-bond acceptors (Lipinski definition) is 3. The molecule has 2 aromatic rings. The highest BCUT2D eigenvalue weighted by Gasteiger charge is 2.12. The maximum absolute atomic E-state index is 11.7. The van der Waals surface area contributed by atoms with E-state index in [-0.39, 0.29) is 11.3 Å². The summed E-state index contributed by atoms with van der Waals surface area (Å²) in [6.07, 6.45) is 1.60. The van der Waals surface area contributed by atoms with E-state index in [4.69, 9.17) is 0 Å². The Morgan fingerprint density at radius 3 is 2.47 bits per heavy atom. The van der Waals surface area contributed by atoms with E-state index >= 15 is 0 Å². The molecule has 0 saturated heterocycles. The number of amides is 2. The van der Waals surface area contributed by atoms with Gasteiger partial charge in [-0.2, -0.15) is 0 Å².